The molecule has 26 heavy (non-hydrogen) atoms. The van der Waals surface area contributed by atoms with E-state index in [0.29, 0.717) is 27.9 Å². The highest BCUT2D eigenvalue weighted by Gasteiger charge is 2.18. The average molecular weight is 342 g/mol. The van der Waals surface area contributed by atoms with Crippen molar-refractivity contribution >= 4 is 10.9 Å². The second-order valence-corrected chi connectivity index (χ2v) is 5.84. The normalized spacial score (nSPS) is 10.8. The van der Waals surface area contributed by atoms with Crippen molar-refractivity contribution in [2.75, 3.05) is 0 Å². The zero-order chi connectivity index (χ0) is 18.1. The lowest BCUT2D eigenvalue weighted by Gasteiger charge is -2.09. The molecule has 4 rings (SSSR count). The van der Waals surface area contributed by atoms with Crippen LogP contribution in [0.2, 0.25) is 0 Å². The van der Waals surface area contributed by atoms with Gasteiger partial charge in [-0.25, -0.2) is 9.36 Å². The molecule has 0 aliphatic rings. The monoisotopic (exact) mass is 342 g/mol. The van der Waals surface area contributed by atoms with Crippen molar-refractivity contribution in [3.8, 4) is 11.8 Å². The maximum absolute atomic E-state index is 12.7. The van der Waals surface area contributed by atoms with Crippen molar-refractivity contribution in [3.63, 3.8) is 0 Å². The Labute approximate surface area is 148 Å². The molecule has 126 valence electrons. The number of hydrogen-bond acceptors (Lipinski definition) is 5. The summed E-state index contributed by atoms with van der Waals surface area (Å²) in [6.45, 7) is 1.88. The summed E-state index contributed by atoms with van der Waals surface area (Å²) in [6, 6.07) is 18.7. The van der Waals surface area contributed by atoms with E-state index in [2.05, 4.69) is 21.5 Å². The summed E-state index contributed by atoms with van der Waals surface area (Å²) in [5, 5.41) is 22.6. The Morgan fingerprint density at radius 3 is 2.58 bits per heavy atom. The van der Waals surface area contributed by atoms with Crippen LogP contribution < -0.4 is 5.56 Å². The maximum Gasteiger partial charge on any atom is 0.277 e. The zero-order valence-corrected chi connectivity index (χ0v) is 14.0. The number of nitrogens with zero attached hydrogens (tertiary/aromatic N) is 6. The van der Waals surface area contributed by atoms with Crippen LogP contribution in [0.15, 0.2) is 59.4 Å². The lowest BCUT2D eigenvalue weighted by Crippen LogP contribution is -2.26. The first-order chi connectivity index (χ1) is 12.7. The summed E-state index contributed by atoms with van der Waals surface area (Å²) in [4.78, 5) is 12.7. The number of nitriles is 1. The third-order valence-corrected chi connectivity index (χ3v) is 4.20. The molecule has 0 aliphatic heterocycles. The highest BCUT2D eigenvalue weighted by molar-refractivity contribution is 5.76. The van der Waals surface area contributed by atoms with Crippen molar-refractivity contribution in [2.24, 2.45) is 0 Å². The number of aryl methyl sites for hydroxylation is 1. The lowest BCUT2D eigenvalue weighted by molar-refractivity contribution is 0.578. The van der Waals surface area contributed by atoms with Crippen LogP contribution in [-0.4, -0.2) is 24.8 Å². The van der Waals surface area contributed by atoms with Gasteiger partial charge in [0.1, 0.15) is 11.6 Å². The van der Waals surface area contributed by atoms with E-state index in [4.69, 9.17) is 0 Å². The summed E-state index contributed by atoms with van der Waals surface area (Å²) in [5.41, 5.74) is 2.75. The van der Waals surface area contributed by atoms with Gasteiger partial charge in [0.2, 0.25) is 0 Å². The fraction of sp³-hybridized carbons (Fsp3) is 0.105. The van der Waals surface area contributed by atoms with Crippen LogP contribution in [0.4, 0.5) is 0 Å². The molecule has 7 heteroatoms. The molecular formula is C19H14N6O. The highest BCUT2D eigenvalue weighted by Crippen LogP contribution is 2.18. The van der Waals surface area contributed by atoms with Crippen molar-refractivity contribution in [3.05, 3.63) is 81.9 Å². The number of para-hydroxylation sites is 1. The highest BCUT2D eigenvalue weighted by atomic mass is 16.1. The quantitative estimate of drug-likeness (QED) is 0.569. The van der Waals surface area contributed by atoms with Crippen LogP contribution >= 0.6 is 0 Å². The minimum Gasteiger partial charge on any atom is -0.267 e. The Kier molecular flexibility index (Phi) is 3.78. The van der Waals surface area contributed by atoms with Crippen LogP contribution in [0.1, 0.15) is 17.0 Å². The van der Waals surface area contributed by atoms with Gasteiger partial charge in [0.05, 0.1) is 34.6 Å². The second kappa shape index (κ2) is 6.26. The number of benzene rings is 2. The number of fused-ring (bicyclic) bond motifs is 1. The molecule has 4 aromatic rings. The molecule has 2 aromatic carbocycles. The van der Waals surface area contributed by atoms with Gasteiger partial charge < -0.3 is 0 Å². The fourth-order valence-corrected chi connectivity index (χ4v) is 2.92. The summed E-state index contributed by atoms with van der Waals surface area (Å²) >= 11 is 0. The van der Waals surface area contributed by atoms with Crippen molar-refractivity contribution in [2.45, 2.75) is 13.5 Å². The first-order valence-corrected chi connectivity index (χ1v) is 8.05. The molecule has 0 aliphatic carbocycles. The molecule has 0 amide bonds. The van der Waals surface area contributed by atoms with E-state index in [1.165, 1.54) is 4.68 Å². The van der Waals surface area contributed by atoms with E-state index >= 15 is 0 Å². The van der Waals surface area contributed by atoms with Crippen LogP contribution in [-0.2, 0) is 6.54 Å². The Bertz CT molecular complexity index is 1200. The SMILES string of the molecule is Cc1nn(-c2ccccc2)c(Cn2nnc3ccccc3c2=O)c1C#N. The first-order valence-electron chi connectivity index (χ1n) is 8.05. The Morgan fingerprint density at radius 1 is 1.08 bits per heavy atom. The number of hydrogen-bond donors (Lipinski definition) is 0. The predicted molar refractivity (Wildman–Crippen MR) is 95.9 cm³/mol. The van der Waals surface area contributed by atoms with Gasteiger partial charge >= 0.3 is 0 Å². The summed E-state index contributed by atoms with van der Waals surface area (Å²) in [5.74, 6) is 0. The Balaban J connectivity index is 1.88. The van der Waals surface area contributed by atoms with Crippen LogP contribution in [0.25, 0.3) is 16.6 Å². The lowest BCUT2D eigenvalue weighted by atomic mass is 10.2. The van der Waals surface area contributed by atoms with E-state index < -0.39 is 0 Å². The third-order valence-electron chi connectivity index (χ3n) is 4.20. The van der Waals surface area contributed by atoms with E-state index in [1.807, 2.05) is 36.4 Å². The molecule has 0 N–H and O–H groups in total. The van der Waals surface area contributed by atoms with Gasteiger partial charge in [-0.2, -0.15) is 10.4 Å². The predicted octanol–water partition coefficient (Wildman–Crippen LogP) is 2.21. The molecule has 7 nitrogen and oxygen atoms in total. The molecule has 0 unspecified atom stereocenters. The van der Waals surface area contributed by atoms with Gasteiger partial charge in [0.15, 0.2) is 0 Å². The van der Waals surface area contributed by atoms with E-state index in [9.17, 15) is 10.1 Å². The second-order valence-electron chi connectivity index (χ2n) is 5.84. The van der Waals surface area contributed by atoms with Gasteiger partial charge in [-0.05, 0) is 31.2 Å². The minimum absolute atomic E-state index is 0.106. The largest absolute Gasteiger partial charge is 0.277 e. The molecule has 0 fully saturated rings. The minimum atomic E-state index is -0.252. The molecule has 2 aromatic heterocycles. The van der Waals surface area contributed by atoms with Gasteiger partial charge in [0, 0.05) is 0 Å². The third kappa shape index (κ3) is 2.54. The van der Waals surface area contributed by atoms with Crippen molar-refractivity contribution in [1.29, 1.82) is 5.26 Å². The molecule has 0 radical (unpaired) electrons. The Hall–Kier alpha value is -3.79. The van der Waals surface area contributed by atoms with Crippen LogP contribution in [0, 0.1) is 18.3 Å². The van der Waals surface area contributed by atoms with Gasteiger partial charge in [-0.15, -0.1) is 5.10 Å². The summed E-state index contributed by atoms with van der Waals surface area (Å²) < 4.78 is 2.94. The van der Waals surface area contributed by atoms with Crippen molar-refractivity contribution in [1.82, 2.24) is 24.8 Å². The average Bonchev–Trinajstić information content (AvgIpc) is 3.00. The van der Waals surface area contributed by atoms with Gasteiger partial charge in [-0.3, -0.25) is 4.79 Å². The van der Waals surface area contributed by atoms with E-state index in [0.717, 1.165) is 5.69 Å². The van der Waals surface area contributed by atoms with Crippen LogP contribution in [0.3, 0.4) is 0 Å². The van der Waals surface area contributed by atoms with E-state index in [1.54, 1.807) is 29.8 Å². The fourth-order valence-electron chi connectivity index (χ4n) is 2.92. The summed E-state index contributed by atoms with van der Waals surface area (Å²) in [6.07, 6.45) is 0. The molecular weight excluding hydrogens is 328 g/mol. The Morgan fingerprint density at radius 2 is 1.81 bits per heavy atom. The van der Waals surface area contributed by atoms with Gasteiger partial charge in [-0.1, -0.05) is 35.5 Å². The maximum atomic E-state index is 12.7. The van der Waals surface area contributed by atoms with Crippen molar-refractivity contribution < 1.29 is 0 Å². The van der Waals surface area contributed by atoms with Crippen LogP contribution in [0.5, 0.6) is 0 Å². The smallest absolute Gasteiger partial charge is 0.267 e. The molecule has 0 saturated heterocycles. The number of rotatable bonds is 3. The first kappa shape index (κ1) is 15.7. The topological polar surface area (TPSA) is 89.4 Å². The molecule has 0 spiro atoms. The standard InChI is InChI=1S/C19H14N6O/c1-13-16(11-20)18(25(22-13)14-7-3-2-4-8-14)12-24-19(26)15-9-5-6-10-17(15)21-23-24/h2-10H,12H2,1H3. The van der Waals surface area contributed by atoms with Gasteiger partial charge in [0.25, 0.3) is 5.56 Å². The molecule has 0 atom stereocenters. The zero-order valence-electron chi connectivity index (χ0n) is 14.0. The number of aromatic nitrogens is 5. The summed E-state index contributed by atoms with van der Waals surface area (Å²) in [7, 11) is 0. The molecule has 0 bridgehead atoms. The van der Waals surface area contributed by atoms with E-state index in [-0.39, 0.29) is 12.1 Å². The molecule has 0 saturated carbocycles. The molecule has 2 heterocycles.